The van der Waals surface area contributed by atoms with Gasteiger partial charge in [0.2, 0.25) is 15.9 Å². The summed E-state index contributed by atoms with van der Waals surface area (Å²) in [4.78, 5) is 13.1. The number of benzene rings is 2. The second-order valence-corrected chi connectivity index (χ2v) is 10.1. The molecule has 0 saturated heterocycles. The van der Waals surface area contributed by atoms with Gasteiger partial charge in [0.25, 0.3) is 0 Å². The second-order valence-electron chi connectivity index (χ2n) is 6.99. The van der Waals surface area contributed by atoms with Crippen LogP contribution < -0.4 is 10.1 Å². The number of ether oxygens (including phenoxy) is 1. The summed E-state index contributed by atoms with van der Waals surface area (Å²) >= 11 is 1.25. The third-order valence-corrected chi connectivity index (χ3v) is 7.45. The van der Waals surface area contributed by atoms with Crippen LogP contribution >= 0.6 is 11.8 Å². The molecule has 0 aliphatic rings. The monoisotopic (exact) mass is 468 g/mol. The van der Waals surface area contributed by atoms with Crippen LogP contribution in [0.1, 0.15) is 34.1 Å². The summed E-state index contributed by atoms with van der Waals surface area (Å²) in [7, 11) is -3.68. The normalized spacial score (nSPS) is 11.7. The van der Waals surface area contributed by atoms with Gasteiger partial charge in [-0.2, -0.15) is 4.31 Å². The van der Waals surface area contributed by atoms with Crippen molar-refractivity contribution in [2.75, 3.05) is 24.2 Å². The first-order chi connectivity index (χ1) is 14.7. The van der Waals surface area contributed by atoms with E-state index in [0.29, 0.717) is 35.2 Å². The molecule has 1 N–H and O–H groups in total. The second kappa shape index (κ2) is 11.5. The first kappa shape index (κ1) is 25.2. The molecule has 6 nitrogen and oxygen atoms in total. The number of carbonyl (C=O) groups excluding carboxylic acids is 1. The molecule has 2 rings (SSSR count). The summed E-state index contributed by atoms with van der Waals surface area (Å²) in [6.45, 7) is 7.92. The molecule has 0 fully saturated rings. The van der Waals surface area contributed by atoms with Crippen LogP contribution in [-0.4, -0.2) is 43.6 Å². The molecule has 0 bridgehead atoms. The van der Waals surface area contributed by atoms with Gasteiger partial charge in [-0.1, -0.05) is 26.0 Å². The molecule has 31 heavy (non-hydrogen) atoms. The molecule has 0 aromatic heterocycles. The first-order valence-electron chi connectivity index (χ1n) is 10.2. The van der Waals surface area contributed by atoms with Crippen LogP contribution in [-0.2, 0) is 14.8 Å². The number of nitrogens with zero attached hydrogens (tertiary/aromatic N) is 1. The van der Waals surface area contributed by atoms with Crippen molar-refractivity contribution in [2.45, 2.75) is 50.0 Å². The highest BCUT2D eigenvalue weighted by Crippen LogP contribution is 2.30. The Hall–Kier alpha value is -2.10. The molecule has 0 atom stereocenters. The van der Waals surface area contributed by atoms with Gasteiger partial charge >= 0.3 is 0 Å². The van der Waals surface area contributed by atoms with E-state index in [1.807, 2.05) is 13.8 Å². The van der Waals surface area contributed by atoms with Crippen LogP contribution in [0.25, 0.3) is 0 Å². The predicted molar refractivity (Wildman–Crippen MR) is 123 cm³/mol. The number of sulfonamides is 1. The molecule has 9 heteroatoms. The fourth-order valence-corrected chi connectivity index (χ4v) is 5.24. The Morgan fingerprint density at radius 2 is 1.84 bits per heavy atom. The van der Waals surface area contributed by atoms with Gasteiger partial charge in [0.05, 0.1) is 16.7 Å². The lowest BCUT2D eigenvalue weighted by molar-refractivity contribution is -0.115. The molecule has 0 unspecified atom stereocenters. The molecule has 0 aliphatic heterocycles. The van der Waals surface area contributed by atoms with E-state index in [9.17, 15) is 17.6 Å². The SMILES string of the molecule is CCN(CC)S(=O)(=O)c1ccc(OC(C)C)c(NC(=O)CCSc2ccccc2F)c1. The van der Waals surface area contributed by atoms with Gasteiger partial charge in [-0.25, -0.2) is 12.8 Å². The largest absolute Gasteiger partial charge is 0.489 e. The Balaban J connectivity index is 2.18. The summed E-state index contributed by atoms with van der Waals surface area (Å²) in [6, 6.07) is 10.8. The summed E-state index contributed by atoms with van der Waals surface area (Å²) in [5, 5.41) is 2.75. The Morgan fingerprint density at radius 3 is 2.45 bits per heavy atom. The fraction of sp³-hybridized carbons (Fsp3) is 0.409. The van der Waals surface area contributed by atoms with Gasteiger partial charge in [0.15, 0.2) is 0 Å². The van der Waals surface area contributed by atoms with Gasteiger partial charge in [-0.05, 0) is 44.2 Å². The quantitative estimate of drug-likeness (QED) is 0.481. The van der Waals surface area contributed by atoms with E-state index in [2.05, 4.69) is 5.32 Å². The van der Waals surface area contributed by atoms with Crippen LogP contribution in [0.2, 0.25) is 0 Å². The molecule has 170 valence electrons. The van der Waals surface area contributed by atoms with Crippen molar-refractivity contribution >= 4 is 33.4 Å². The third-order valence-electron chi connectivity index (χ3n) is 4.35. The molecule has 2 aromatic rings. The van der Waals surface area contributed by atoms with Gasteiger partial charge in [0, 0.05) is 30.2 Å². The maximum Gasteiger partial charge on any atom is 0.243 e. The molecule has 2 aromatic carbocycles. The van der Waals surface area contributed by atoms with E-state index in [-0.39, 0.29) is 29.1 Å². The molecule has 0 heterocycles. The minimum Gasteiger partial charge on any atom is -0.489 e. The van der Waals surface area contributed by atoms with E-state index in [1.165, 1.54) is 34.3 Å². The van der Waals surface area contributed by atoms with Crippen LogP contribution in [0.4, 0.5) is 10.1 Å². The Bertz CT molecular complexity index is 993. The van der Waals surface area contributed by atoms with E-state index in [1.54, 1.807) is 38.1 Å². The van der Waals surface area contributed by atoms with Crippen molar-refractivity contribution in [3.8, 4) is 5.75 Å². The highest BCUT2D eigenvalue weighted by Gasteiger charge is 2.23. The number of halogens is 1. The van der Waals surface area contributed by atoms with Crippen molar-refractivity contribution in [2.24, 2.45) is 0 Å². The zero-order valence-electron chi connectivity index (χ0n) is 18.2. The number of rotatable bonds is 11. The Morgan fingerprint density at radius 1 is 1.16 bits per heavy atom. The van der Waals surface area contributed by atoms with E-state index < -0.39 is 10.0 Å². The van der Waals surface area contributed by atoms with Crippen molar-refractivity contribution in [3.63, 3.8) is 0 Å². The maximum absolute atomic E-state index is 13.7. The number of carbonyl (C=O) groups is 1. The summed E-state index contributed by atoms with van der Waals surface area (Å²) in [5.41, 5.74) is 0.294. The summed E-state index contributed by atoms with van der Waals surface area (Å²) in [6.07, 6.45) is -0.0230. The van der Waals surface area contributed by atoms with Gasteiger partial charge in [-0.15, -0.1) is 11.8 Å². The van der Waals surface area contributed by atoms with Crippen LogP contribution in [0.5, 0.6) is 5.75 Å². The molecular weight excluding hydrogens is 439 g/mol. The van der Waals surface area contributed by atoms with Crippen molar-refractivity contribution < 1.29 is 22.3 Å². The molecule has 0 spiro atoms. The Kier molecular flexibility index (Phi) is 9.33. The molecule has 1 amide bonds. The topological polar surface area (TPSA) is 75.7 Å². The van der Waals surface area contributed by atoms with Crippen molar-refractivity contribution in [1.82, 2.24) is 4.31 Å². The highest BCUT2D eigenvalue weighted by atomic mass is 32.2. The smallest absolute Gasteiger partial charge is 0.243 e. The van der Waals surface area contributed by atoms with Crippen LogP contribution in [0.15, 0.2) is 52.3 Å². The lowest BCUT2D eigenvalue weighted by atomic mass is 10.2. The van der Waals surface area contributed by atoms with Gasteiger partial charge in [-0.3, -0.25) is 4.79 Å². The summed E-state index contributed by atoms with van der Waals surface area (Å²) < 4.78 is 46.5. The minimum atomic E-state index is -3.68. The molecular formula is C22H29FN2O4S2. The average molecular weight is 469 g/mol. The fourth-order valence-electron chi connectivity index (χ4n) is 2.86. The molecule has 0 radical (unpaired) electrons. The molecule has 0 saturated carbocycles. The number of hydrogen-bond acceptors (Lipinski definition) is 5. The first-order valence-corrected chi connectivity index (χ1v) is 12.6. The van der Waals surface area contributed by atoms with E-state index >= 15 is 0 Å². The number of amides is 1. The molecule has 0 aliphatic carbocycles. The lowest BCUT2D eigenvalue weighted by Crippen LogP contribution is -2.30. The standard InChI is InChI=1S/C22H29FN2O4S2/c1-5-25(6-2)31(27,28)17-11-12-20(29-16(3)4)19(15-17)24-22(26)13-14-30-21-10-8-7-9-18(21)23/h7-12,15-16H,5-6,13-14H2,1-4H3,(H,24,26). The zero-order valence-corrected chi connectivity index (χ0v) is 19.9. The number of thioether (sulfide) groups is 1. The number of anilines is 1. The van der Waals surface area contributed by atoms with E-state index in [4.69, 9.17) is 4.74 Å². The number of hydrogen-bond donors (Lipinski definition) is 1. The highest BCUT2D eigenvalue weighted by molar-refractivity contribution is 7.99. The predicted octanol–water partition coefficient (Wildman–Crippen LogP) is 4.76. The summed E-state index contributed by atoms with van der Waals surface area (Å²) in [5.74, 6) is 0.137. The van der Waals surface area contributed by atoms with Crippen LogP contribution in [0, 0.1) is 5.82 Å². The van der Waals surface area contributed by atoms with Gasteiger partial charge in [0.1, 0.15) is 11.6 Å². The van der Waals surface area contributed by atoms with Gasteiger partial charge < -0.3 is 10.1 Å². The van der Waals surface area contributed by atoms with E-state index in [0.717, 1.165) is 0 Å². The van der Waals surface area contributed by atoms with Crippen molar-refractivity contribution in [1.29, 1.82) is 0 Å². The maximum atomic E-state index is 13.7. The third kappa shape index (κ3) is 6.95. The van der Waals surface area contributed by atoms with Crippen molar-refractivity contribution in [3.05, 3.63) is 48.3 Å². The lowest BCUT2D eigenvalue weighted by Gasteiger charge is -2.20. The zero-order chi connectivity index (χ0) is 23.0. The minimum absolute atomic E-state index is 0.0864. The Labute approximate surface area is 188 Å². The van der Waals surface area contributed by atoms with Crippen LogP contribution in [0.3, 0.4) is 0 Å². The average Bonchev–Trinajstić information content (AvgIpc) is 2.71. The number of nitrogens with one attached hydrogen (secondary N) is 1.